The zero-order chi connectivity index (χ0) is 69.9. The lowest BCUT2D eigenvalue weighted by molar-refractivity contribution is -0.143. The number of carbonyl (C=O) groups is 5. The van der Waals surface area contributed by atoms with Crippen molar-refractivity contribution in [2.45, 2.75) is 125 Å². The third-order valence-corrected chi connectivity index (χ3v) is 20.3. The van der Waals surface area contributed by atoms with E-state index in [-0.39, 0.29) is 98.8 Å². The average molecular weight is 1480 g/mol. The molecule has 26 heteroatoms. The van der Waals surface area contributed by atoms with Crippen LogP contribution in [0.25, 0.3) is 11.1 Å². The lowest BCUT2D eigenvalue weighted by Crippen LogP contribution is -2.50. The van der Waals surface area contributed by atoms with E-state index in [0.29, 0.717) is 100 Å². The summed E-state index contributed by atoms with van der Waals surface area (Å²) in [4.78, 5) is 78.4. The van der Waals surface area contributed by atoms with E-state index in [1.165, 1.54) is 29.8 Å². The molecular formula is C76H90Cl3F7N8O8. The molecule has 6 aromatic rings. The number of hydrogen-bond donors (Lipinski definition) is 2. The Bertz CT molecular complexity index is 3740. The van der Waals surface area contributed by atoms with Crippen LogP contribution in [-0.4, -0.2) is 177 Å². The minimum absolute atomic E-state index is 0. The Kier molecular flexibility index (Phi) is 28.1. The van der Waals surface area contributed by atoms with Crippen LogP contribution in [-0.2, 0) is 53.6 Å². The highest BCUT2D eigenvalue weighted by Gasteiger charge is 2.50. The van der Waals surface area contributed by atoms with Crippen LogP contribution in [0.3, 0.4) is 0 Å². The number of carbonyl (C=O) groups excluding carboxylic acids is 5. The highest BCUT2D eigenvalue weighted by molar-refractivity contribution is 5.96. The molecule has 5 aliphatic rings. The van der Waals surface area contributed by atoms with Crippen molar-refractivity contribution in [3.63, 3.8) is 0 Å². The van der Waals surface area contributed by atoms with Gasteiger partial charge in [0.1, 0.15) is 30.9 Å². The Hall–Kier alpha value is -7.51. The lowest BCUT2D eigenvalue weighted by atomic mass is 9.72. The smallest absolute Gasteiger partial charge is 0.416 e. The fourth-order valence-corrected chi connectivity index (χ4v) is 14.3. The molecule has 1 spiro atoms. The van der Waals surface area contributed by atoms with Crippen molar-refractivity contribution in [3.8, 4) is 11.1 Å². The second-order valence-corrected chi connectivity index (χ2v) is 27.0. The van der Waals surface area contributed by atoms with E-state index in [0.717, 1.165) is 98.4 Å². The molecule has 0 aromatic heterocycles. The number of likely N-dealkylation sites (N-methyl/N-ethyl adjacent to an activating group) is 2. The predicted octanol–water partition coefficient (Wildman–Crippen LogP) is 14.8. The Morgan fingerprint density at radius 2 is 1.28 bits per heavy atom. The monoisotopic (exact) mass is 1480 g/mol. The number of piperidine rings is 2. The maximum absolute atomic E-state index is 14.3. The van der Waals surface area contributed by atoms with Gasteiger partial charge in [-0.1, -0.05) is 91.3 Å². The summed E-state index contributed by atoms with van der Waals surface area (Å²) in [5, 5.41) is 6.38. The third kappa shape index (κ3) is 20.3. The molecule has 0 unspecified atom stereocenters. The van der Waals surface area contributed by atoms with E-state index in [2.05, 4.69) is 32.6 Å². The molecule has 1 saturated carbocycles. The quantitative estimate of drug-likeness (QED) is 0.0374. The van der Waals surface area contributed by atoms with Gasteiger partial charge in [0, 0.05) is 107 Å². The number of unbranched alkanes of at least 4 members (excludes halogenated alkanes) is 2. The van der Waals surface area contributed by atoms with Crippen molar-refractivity contribution in [1.82, 2.24) is 29.4 Å². The first kappa shape index (κ1) is 80.2. The normalized spacial score (nSPS) is 18.2. The number of ether oxygens (including phenoxy) is 3. The zero-order valence-corrected chi connectivity index (χ0v) is 59.7. The van der Waals surface area contributed by atoms with Gasteiger partial charge in [0.05, 0.1) is 29.5 Å². The first-order valence-electron chi connectivity index (χ1n) is 34.4. The van der Waals surface area contributed by atoms with Crippen LogP contribution in [0.1, 0.15) is 126 Å². The van der Waals surface area contributed by atoms with Crippen molar-refractivity contribution in [2.75, 3.05) is 110 Å². The first-order valence-corrected chi connectivity index (χ1v) is 34.4. The molecular weight excluding hydrogens is 1390 g/mol. The third-order valence-electron chi connectivity index (χ3n) is 20.3. The van der Waals surface area contributed by atoms with E-state index in [1.54, 1.807) is 16.8 Å². The van der Waals surface area contributed by atoms with Crippen LogP contribution in [0.4, 0.5) is 46.9 Å². The Morgan fingerprint density at radius 3 is 1.96 bits per heavy atom. The molecule has 4 fully saturated rings. The second-order valence-electron chi connectivity index (χ2n) is 27.0. The number of anilines is 2. The number of alkyl halides is 6. The fraction of sp³-hybridized carbons (Fsp3) is 0.461. The number of likely N-dealkylation sites (tertiary alicyclic amines) is 2. The standard InChI is InChI=1S/C76H87F7N8O8.3ClH/c1-86(37-13-38-91(62-29-30-62)71(95)54-21-27-61(28-22-54)84-36-12-4-7-20-68(92)87(2)44-45-88-39-31-63(32-40-88)99-72(96)85-66-19-11-9-17-64(66)53-14-5-3-6-15-53)69(93)50-97-67-48-55-16-8-10-18-65(55)73(67)33-41-89(42-34-73)43-35-74(57-23-25-60(77)26-24-57)51-90(52-98-74)70(94)56-46-58(75(78,79)80)49-59(47-56)76(81,82)83;;;/h3,5-6,8-11,14-19,21-28,46-47,49,62-63,67,84H,4,7,12-13,20,29-45,48,50-52H2,1-2H3,(H,85,96);3*1H/t67-,74+;;;/m0.../s1. The molecule has 552 valence electrons. The average Bonchev–Trinajstić information content (AvgIpc) is 1.58. The summed E-state index contributed by atoms with van der Waals surface area (Å²) in [6.07, 6.45) is -2.09. The molecule has 2 N–H and O–H groups in total. The molecule has 3 aliphatic heterocycles. The lowest BCUT2D eigenvalue weighted by Gasteiger charge is -2.44. The predicted molar refractivity (Wildman–Crippen MR) is 384 cm³/mol. The number of para-hydroxylation sites is 1. The molecule has 5 amide bonds. The highest BCUT2D eigenvalue weighted by atomic mass is 35.5. The van der Waals surface area contributed by atoms with Crippen LogP contribution in [0.15, 0.2) is 146 Å². The number of nitrogens with one attached hydrogen (secondary N) is 2. The number of nitrogens with zero attached hydrogens (tertiary/aromatic N) is 6. The molecule has 6 aromatic carbocycles. The number of benzene rings is 6. The Morgan fingerprint density at radius 1 is 0.647 bits per heavy atom. The van der Waals surface area contributed by atoms with Crippen molar-refractivity contribution >= 4 is 78.3 Å². The van der Waals surface area contributed by atoms with Gasteiger partial charge in [0.25, 0.3) is 11.8 Å². The van der Waals surface area contributed by atoms with Crippen LogP contribution in [0.5, 0.6) is 0 Å². The summed E-state index contributed by atoms with van der Waals surface area (Å²) in [5.41, 5.74) is 1.29. The molecule has 0 bridgehead atoms. The molecule has 2 atom stereocenters. The topological polar surface area (TPSA) is 157 Å². The molecule has 2 aliphatic carbocycles. The number of fused-ring (bicyclic) bond motifs is 2. The van der Waals surface area contributed by atoms with Gasteiger partial charge < -0.3 is 48.9 Å². The SMILES string of the molecule is CN(CCN1CCC(OC(=O)Nc2ccccc2-c2ccccc2)CC1)C(=O)CCCCCNc1ccc(C(=O)N(CCCN(C)C(=O)CO[C@H]2Cc3ccccc3C23CCN(CC[C@]2(c4ccc(F)cc4)CN(C(=O)c4cc(C(F)(F)F)cc(C(F)(F)F)c4)CO2)CC3)C2CC2)cc1.Cl.Cl.Cl. The summed E-state index contributed by atoms with van der Waals surface area (Å²) in [6.45, 7) is 5.46. The van der Waals surface area contributed by atoms with Crippen molar-refractivity contribution in [2.24, 2.45) is 0 Å². The molecule has 16 nitrogen and oxygen atoms in total. The van der Waals surface area contributed by atoms with E-state index >= 15 is 0 Å². The largest absolute Gasteiger partial charge is 0.446 e. The molecule has 0 radical (unpaired) electrons. The van der Waals surface area contributed by atoms with Gasteiger partial charge in [-0.2, -0.15) is 26.3 Å². The van der Waals surface area contributed by atoms with Crippen LogP contribution < -0.4 is 10.6 Å². The summed E-state index contributed by atoms with van der Waals surface area (Å²) in [7, 11) is 3.60. The summed E-state index contributed by atoms with van der Waals surface area (Å²) in [6, 6.07) is 39.7. The van der Waals surface area contributed by atoms with Crippen molar-refractivity contribution in [3.05, 3.63) is 190 Å². The van der Waals surface area contributed by atoms with Gasteiger partial charge in [0.2, 0.25) is 11.8 Å². The first-order chi connectivity index (χ1) is 47.5. The minimum atomic E-state index is -5.15. The molecule has 3 heterocycles. The second kappa shape index (κ2) is 35.8. The number of rotatable bonds is 27. The van der Waals surface area contributed by atoms with E-state index in [1.807, 2.05) is 103 Å². The Balaban J connectivity index is 0.00000440. The van der Waals surface area contributed by atoms with Crippen molar-refractivity contribution in [1.29, 1.82) is 0 Å². The maximum atomic E-state index is 14.3. The van der Waals surface area contributed by atoms with Gasteiger partial charge >= 0.3 is 18.4 Å². The molecule has 3 saturated heterocycles. The van der Waals surface area contributed by atoms with Gasteiger partial charge in [-0.15, -0.1) is 37.2 Å². The minimum Gasteiger partial charge on any atom is -0.446 e. The summed E-state index contributed by atoms with van der Waals surface area (Å²) < 4.78 is 116. The van der Waals surface area contributed by atoms with Crippen LogP contribution in [0.2, 0.25) is 0 Å². The van der Waals surface area contributed by atoms with Gasteiger partial charge in [0.15, 0.2) is 0 Å². The Labute approximate surface area is 610 Å². The van der Waals surface area contributed by atoms with Crippen molar-refractivity contribution < 1.29 is 68.9 Å². The van der Waals surface area contributed by atoms with Crippen LogP contribution in [0, 0.1) is 5.82 Å². The van der Waals surface area contributed by atoms with E-state index in [4.69, 9.17) is 14.2 Å². The van der Waals surface area contributed by atoms with E-state index < -0.39 is 64.6 Å². The summed E-state index contributed by atoms with van der Waals surface area (Å²) in [5.74, 6) is -1.70. The molecule has 11 rings (SSSR count). The summed E-state index contributed by atoms with van der Waals surface area (Å²) >= 11 is 0. The van der Waals surface area contributed by atoms with Gasteiger partial charge in [-0.05, 0) is 167 Å². The number of hydrogen-bond acceptors (Lipinski definition) is 11. The number of amides is 5. The highest BCUT2D eigenvalue weighted by Crippen LogP contribution is 2.49. The maximum Gasteiger partial charge on any atom is 0.416 e. The molecule has 102 heavy (non-hydrogen) atoms. The van der Waals surface area contributed by atoms with E-state index in [9.17, 15) is 54.7 Å². The number of halogens is 10. The van der Waals surface area contributed by atoms with Crippen LogP contribution >= 0.6 is 37.2 Å². The zero-order valence-electron chi connectivity index (χ0n) is 57.3. The van der Waals surface area contributed by atoms with Gasteiger partial charge in [-0.25, -0.2) is 9.18 Å². The van der Waals surface area contributed by atoms with Gasteiger partial charge in [-0.3, -0.25) is 24.5 Å². The fourth-order valence-electron chi connectivity index (χ4n) is 14.3.